The molecule has 2 aliphatic heterocycles. The maximum Gasteiger partial charge on any atom is 0.341 e. The molecule has 0 amide bonds. The summed E-state index contributed by atoms with van der Waals surface area (Å²) in [4.78, 5) is 12.8. The van der Waals surface area contributed by atoms with Gasteiger partial charge in [0.1, 0.15) is 23.0 Å². The Bertz CT molecular complexity index is 1150. The van der Waals surface area contributed by atoms with Crippen LogP contribution in [0.25, 0.3) is 0 Å². The van der Waals surface area contributed by atoms with Gasteiger partial charge in [-0.2, -0.15) is 0 Å². The Balaban J connectivity index is 1.94. The maximum atomic E-state index is 12.8. The number of halogens is 3. The molecule has 28 heavy (non-hydrogen) atoms. The quantitative estimate of drug-likeness (QED) is 0.354. The molecular weight excluding hydrogens is 427 g/mol. The zero-order valence-electron chi connectivity index (χ0n) is 13.8. The summed E-state index contributed by atoms with van der Waals surface area (Å²) in [6.07, 6.45) is 0. The lowest BCUT2D eigenvalue weighted by Gasteiger charge is -2.36. The van der Waals surface area contributed by atoms with Crippen molar-refractivity contribution in [1.82, 2.24) is 0 Å². The molecule has 1 spiro atoms. The number of hydrogen-bond acceptors (Lipinski definition) is 5. The van der Waals surface area contributed by atoms with E-state index >= 15 is 0 Å². The van der Waals surface area contributed by atoms with Crippen molar-refractivity contribution in [3.63, 3.8) is 0 Å². The summed E-state index contributed by atoms with van der Waals surface area (Å²) < 4.78 is 11.8. The van der Waals surface area contributed by atoms with Crippen LogP contribution in [0.3, 0.4) is 0 Å². The second-order valence-electron chi connectivity index (χ2n) is 6.44. The van der Waals surface area contributed by atoms with E-state index in [1.165, 1.54) is 30.3 Å². The summed E-state index contributed by atoms with van der Waals surface area (Å²) in [6.45, 7) is 0. The lowest BCUT2D eigenvalue weighted by atomic mass is 9.77. The maximum absolute atomic E-state index is 12.8. The highest BCUT2D eigenvalue weighted by Crippen LogP contribution is 2.58. The number of hydrogen-bond donors (Lipinski definition) is 2. The molecule has 2 heterocycles. The molecule has 2 N–H and O–H groups in total. The second-order valence-corrected chi connectivity index (χ2v) is 7.61. The second kappa shape index (κ2) is 5.70. The largest absolute Gasteiger partial charge is 0.508 e. The molecule has 0 aliphatic carbocycles. The van der Waals surface area contributed by atoms with E-state index in [1.807, 2.05) is 0 Å². The Morgan fingerprint density at radius 3 is 1.93 bits per heavy atom. The Morgan fingerprint density at radius 2 is 1.36 bits per heavy atom. The first-order valence-electron chi connectivity index (χ1n) is 8.09. The predicted molar refractivity (Wildman–Crippen MR) is 103 cm³/mol. The van der Waals surface area contributed by atoms with Gasteiger partial charge in [0.2, 0.25) is 0 Å². The van der Waals surface area contributed by atoms with Crippen molar-refractivity contribution in [3.8, 4) is 23.0 Å². The van der Waals surface area contributed by atoms with Gasteiger partial charge in [-0.1, -0.05) is 34.8 Å². The van der Waals surface area contributed by atoms with Gasteiger partial charge >= 0.3 is 5.97 Å². The molecule has 0 aromatic heterocycles. The van der Waals surface area contributed by atoms with Crippen LogP contribution in [0.15, 0.2) is 42.5 Å². The third kappa shape index (κ3) is 2.12. The van der Waals surface area contributed by atoms with Gasteiger partial charge in [0.05, 0.1) is 20.6 Å². The zero-order valence-corrected chi connectivity index (χ0v) is 16.1. The summed E-state index contributed by atoms with van der Waals surface area (Å²) >= 11 is 18.7. The van der Waals surface area contributed by atoms with Crippen LogP contribution in [-0.4, -0.2) is 16.2 Å². The Morgan fingerprint density at radius 1 is 0.786 bits per heavy atom. The summed E-state index contributed by atoms with van der Waals surface area (Å²) in [5.41, 5.74) is 0.0411. The summed E-state index contributed by atoms with van der Waals surface area (Å²) in [5, 5.41) is 20.0. The van der Waals surface area contributed by atoms with Crippen LogP contribution in [-0.2, 0) is 10.3 Å². The van der Waals surface area contributed by atoms with Gasteiger partial charge in [-0.15, -0.1) is 0 Å². The Labute approximate surface area is 173 Å². The minimum atomic E-state index is -1.42. The molecule has 0 saturated carbocycles. The molecule has 0 radical (unpaired) electrons. The van der Waals surface area contributed by atoms with Crippen molar-refractivity contribution in [1.29, 1.82) is 0 Å². The van der Waals surface area contributed by atoms with E-state index in [9.17, 15) is 15.0 Å². The van der Waals surface area contributed by atoms with Crippen molar-refractivity contribution in [2.45, 2.75) is 5.60 Å². The van der Waals surface area contributed by atoms with Gasteiger partial charge < -0.3 is 19.7 Å². The third-order valence-corrected chi connectivity index (χ3v) is 6.16. The van der Waals surface area contributed by atoms with Crippen molar-refractivity contribution in [3.05, 3.63) is 79.8 Å². The molecule has 0 atom stereocenters. The van der Waals surface area contributed by atoms with E-state index in [4.69, 9.17) is 44.3 Å². The van der Waals surface area contributed by atoms with Gasteiger partial charge in [-0.25, -0.2) is 4.79 Å². The van der Waals surface area contributed by atoms with E-state index in [2.05, 4.69) is 0 Å². The van der Waals surface area contributed by atoms with Gasteiger partial charge in [0, 0.05) is 28.8 Å². The zero-order chi connectivity index (χ0) is 19.8. The van der Waals surface area contributed by atoms with Crippen molar-refractivity contribution >= 4 is 40.8 Å². The molecule has 3 aromatic rings. The van der Waals surface area contributed by atoms with E-state index < -0.39 is 11.6 Å². The molecule has 0 fully saturated rings. The molecule has 0 saturated heterocycles. The molecule has 5 rings (SSSR count). The monoisotopic (exact) mass is 434 g/mol. The van der Waals surface area contributed by atoms with Crippen molar-refractivity contribution in [2.75, 3.05) is 0 Å². The fourth-order valence-corrected chi connectivity index (χ4v) is 4.44. The molecule has 5 nitrogen and oxygen atoms in total. The molecule has 3 aromatic carbocycles. The molecular formula is C20H9Cl3O5. The molecule has 8 heteroatoms. The number of ether oxygens (including phenoxy) is 2. The lowest BCUT2D eigenvalue weighted by Crippen LogP contribution is -2.32. The lowest BCUT2D eigenvalue weighted by molar-refractivity contribution is 0.0224. The van der Waals surface area contributed by atoms with Gasteiger partial charge in [0.15, 0.2) is 5.60 Å². The number of fused-ring (bicyclic) bond motifs is 6. The smallest absolute Gasteiger partial charge is 0.341 e. The SMILES string of the molecule is O=C1OC2(c3ccc(O)cc3Oc3cc(O)ccc32)c2cc(Cl)c(Cl)c(Cl)c21. The molecule has 0 unspecified atom stereocenters. The van der Waals surface area contributed by atoms with Crippen LogP contribution in [0.2, 0.25) is 15.1 Å². The Hall–Kier alpha value is -2.60. The first kappa shape index (κ1) is 17.5. The predicted octanol–water partition coefficient (Wildman–Crippen LogP) is 5.63. The minimum absolute atomic E-state index is 0.00168. The van der Waals surface area contributed by atoms with Crippen molar-refractivity contribution in [2.24, 2.45) is 0 Å². The van der Waals surface area contributed by atoms with Gasteiger partial charge in [-0.05, 0) is 30.3 Å². The standard InChI is InChI=1S/C20H9Cl3O5/c21-13-7-12-16(18(23)17(13)22)19(26)28-20(12)10-3-1-8(24)5-14(10)27-15-6-9(25)2-4-11(15)20/h1-7,24-25H. The van der Waals surface area contributed by atoms with Crippen LogP contribution in [0.1, 0.15) is 27.0 Å². The fraction of sp³-hybridized carbons (Fsp3) is 0.0500. The normalized spacial score (nSPS) is 15.5. The minimum Gasteiger partial charge on any atom is -0.508 e. The van der Waals surface area contributed by atoms with E-state index in [0.29, 0.717) is 16.7 Å². The first-order valence-corrected chi connectivity index (χ1v) is 9.22. The average Bonchev–Trinajstić information content (AvgIpc) is 2.92. The topological polar surface area (TPSA) is 76.0 Å². The number of benzene rings is 3. The van der Waals surface area contributed by atoms with Gasteiger partial charge in [-0.3, -0.25) is 0 Å². The number of carbonyl (C=O) groups is 1. The molecule has 0 bridgehead atoms. The van der Waals surface area contributed by atoms with Crippen LogP contribution < -0.4 is 4.74 Å². The van der Waals surface area contributed by atoms with Crippen LogP contribution in [0, 0.1) is 0 Å². The Kier molecular flexibility index (Phi) is 3.56. The number of aromatic hydroxyl groups is 2. The first-order chi connectivity index (χ1) is 13.3. The average molecular weight is 436 g/mol. The van der Waals surface area contributed by atoms with E-state index in [1.54, 1.807) is 12.1 Å². The highest BCUT2D eigenvalue weighted by Gasteiger charge is 2.55. The summed E-state index contributed by atoms with van der Waals surface area (Å²) in [6, 6.07) is 10.4. The van der Waals surface area contributed by atoms with Crippen LogP contribution in [0.4, 0.5) is 0 Å². The van der Waals surface area contributed by atoms with Gasteiger partial charge in [0.25, 0.3) is 0 Å². The highest BCUT2D eigenvalue weighted by atomic mass is 35.5. The third-order valence-electron chi connectivity index (χ3n) is 4.90. The van der Waals surface area contributed by atoms with Crippen LogP contribution in [0.5, 0.6) is 23.0 Å². The number of rotatable bonds is 0. The molecule has 140 valence electrons. The van der Waals surface area contributed by atoms with Crippen molar-refractivity contribution < 1.29 is 24.5 Å². The highest BCUT2D eigenvalue weighted by molar-refractivity contribution is 6.49. The number of esters is 1. The van der Waals surface area contributed by atoms with E-state index in [-0.39, 0.29) is 43.6 Å². The van der Waals surface area contributed by atoms with Crippen LogP contribution >= 0.6 is 34.8 Å². The number of carbonyl (C=O) groups excluding carboxylic acids is 1. The summed E-state index contributed by atoms with van der Waals surface area (Å²) in [7, 11) is 0. The summed E-state index contributed by atoms with van der Waals surface area (Å²) in [5.74, 6) is -0.205. The molecule has 2 aliphatic rings. The fourth-order valence-electron chi connectivity index (χ4n) is 3.75. The van der Waals surface area contributed by atoms with E-state index in [0.717, 1.165) is 0 Å². The number of phenols is 2. The number of phenolic OH excluding ortho intramolecular Hbond substituents is 2.